The van der Waals surface area contributed by atoms with Gasteiger partial charge in [-0.1, -0.05) is 18.2 Å². The topological polar surface area (TPSA) is 25.0 Å². The number of H-pyrrole nitrogens is 1. The third kappa shape index (κ3) is 1.44. The van der Waals surface area contributed by atoms with Gasteiger partial charge in [0, 0.05) is 31.8 Å². The standard InChI is InChI=1S/C19H13NOS/c1-21-11-6-7-12-15(10-11)13-8-9-22-19(13)17-14-4-2-3-5-16(14)20-18(12)17/h2-10,20H,1H3. The number of nitrogens with one attached hydrogen (secondary N) is 1. The molecule has 5 rings (SSSR count). The van der Waals surface area contributed by atoms with Gasteiger partial charge < -0.3 is 9.72 Å². The van der Waals surface area contributed by atoms with Crippen molar-refractivity contribution in [2.45, 2.75) is 0 Å². The molecule has 0 atom stereocenters. The highest BCUT2D eigenvalue weighted by Crippen LogP contribution is 2.42. The van der Waals surface area contributed by atoms with Crippen molar-refractivity contribution in [1.29, 1.82) is 0 Å². The lowest BCUT2D eigenvalue weighted by atomic mass is 10.0. The first-order chi connectivity index (χ1) is 10.9. The summed E-state index contributed by atoms with van der Waals surface area (Å²) in [6.07, 6.45) is 0. The second-order valence-corrected chi connectivity index (χ2v) is 6.41. The summed E-state index contributed by atoms with van der Waals surface area (Å²) in [5.74, 6) is 0.899. The van der Waals surface area contributed by atoms with Gasteiger partial charge in [0.25, 0.3) is 0 Å². The molecule has 0 saturated heterocycles. The van der Waals surface area contributed by atoms with Gasteiger partial charge in [0.2, 0.25) is 0 Å². The molecule has 0 aliphatic carbocycles. The van der Waals surface area contributed by atoms with Gasteiger partial charge in [0.1, 0.15) is 5.75 Å². The predicted molar refractivity (Wildman–Crippen MR) is 95.2 cm³/mol. The van der Waals surface area contributed by atoms with Crippen LogP contribution in [0.5, 0.6) is 5.75 Å². The van der Waals surface area contributed by atoms with Crippen molar-refractivity contribution in [2.75, 3.05) is 7.11 Å². The molecule has 3 aromatic carbocycles. The zero-order valence-corrected chi connectivity index (χ0v) is 12.8. The lowest BCUT2D eigenvalue weighted by molar-refractivity contribution is 0.415. The molecule has 2 nitrogen and oxygen atoms in total. The van der Waals surface area contributed by atoms with Gasteiger partial charge in [-0.05, 0) is 41.1 Å². The zero-order valence-electron chi connectivity index (χ0n) is 12.0. The Bertz CT molecular complexity index is 1170. The van der Waals surface area contributed by atoms with E-state index in [1.165, 1.54) is 42.7 Å². The number of rotatable bonds is 1. The molecule has 106 valence electrons. The van der Waals surface area contributed by atoms with Crippen LogP contribution >= 0.6 is 11.3 Å². The number of benzene rings is 3. The molecule has 0 unspecified atom stereocenters. The summed E-state index contributed by atoms with van der Waals surface area (Å²) in [7, 11) is 1.72. The van der Waals surface area contributed by atoms with Crippen molar-refractivity contribution in [3.05, 3.63) is 53.9 Å². The summed E-state index contributed by atoms with van der Waals surface area (Å²) >= 11 is 1.80. The van der Waals surface area contributed by atoms with Crippen LogP contribution in [0, 0.1) is 0 Å². The van der Waals surface area contributed by atoms with Gasteiger partial charge in [-0.25, -0.2) is 0 Å². The first-order valence-corrected chi connectivity index (χ1v) is 8.12. The van der Waals surface area contributed by atoms with Crippen LogP contribution in [-0.2, 0) is 0 Å². The number of hydrogen-bond acceptors (Lipinski definition) is 2. The minimum Gasteiger partial charge on any atom is -0.497 e. The molecule has 3 heteroatoms. The molecule has 0 aliphatic heterocycles. The van der Waals surface area contributed by atoms with Gasteiger partial charge in [0.15, 0.2) is 0 Å². The van der Waals surface area contributed by atoms with E-state index in [0.717, 1.165) is 5.75 Å². The Hall–Kier alpha value is -2.52. The smallest absolute Gasteiger partial charge is 0.119 e. The number of thiophene rings is 1. The molecule has 0 radical (unpaired) electrons. The van der Waals surface area contributed by atoms with E-state index in [9.17, 15) is 0 Å². The van der Waals surface area contributed by atoms with E-state index in [0.29, 0.717) is 0 Å². The van der Waals surface area contributed by atoms with Gasteiger partial charge in [-0.15, -0.1) is 11.3 Å². The molecular weight excluding hydrogens is 290 g/mol. The van der Waals surface area contributed by atoms with Gasteiger partial charge in [0.05, 0.1) is 12.6 Å². The SMILES string of the molecule is COc1ccc2c(c1)c1ccsc1c1c3ccccc3[nH]c21. The highest BCUT2D eigenvalue weighted by molar-refractivity contribution is 7.18. The van der Waals surface area contributed by atoms with Crippen molar-refractivity contribution in [1.82, 2.24) is 4.98 Å². The second kappa shape index (κ2) is 4.24. The molecule has 2 heterocycles. The Morgan fingerprint density at radius 1 is 0.909 bits per heavy atom. The van der Waals surface area contributed by atoms with Crippen molar-refractivity contribution < 1.29 is 4.74 Å². The van der Waals surface area contributed by atoms with E-state index < -0.39 is 0 Å². The Morgan fingerprint density at radius 3 is 2.73 bits per heavy atom. The minimum absolute atomic E-state index is 0.899. The summed E-state index contributed by atoms with van der Waals surface area (Å²) < 4.78 is 6.75. The molecule has 0 saturated carbocycles. The Labute approximate surface area is 130 Å². The van der Waals surface area contributed by atoms with E-state index in [1.807, 2.05) is 6.07 Å². The summed E-state index contributed by atoms with van der Waals surface area (Å²) in [5, 5.41) is 8.59. The van der Waals surface area contributed by atoms with Crippen LogP contribution in [0.2, 0.25) is 0 Å². The van der Waals surface area contributed by atoms with E-state index in [-0.39, 0.29) is 0 Å². The van der Waals surface area contributed by atoms with Crippen LogP contribution in [0.4, 0.5) is 0 Å². The van der Waals surface area contributed by atoms with Crippen LogP contribution in [0.1, 0.15) is 0 Å². The third-order valence-electron chi connectivity index (χ3n) is 4.38. The first-order valence-electron chi connectivity index (χ1n) is 7.24. The number of methoxy groups -OCH3 is 1. The maximum Gasteiger partial charge on any atom is 0.119 e. The summed E-state index contributed by atoms with van der Waals surface area (Å²) in [6, 6.07) is 17.1. The Kier molecular flexibility index (Phi) is 2.33. The maximum atomic E-state index is 5.41. The first kappa shape index (κ1) is 12.1. The van der Waals surface area contributed by atoms with Crippen molar-refractivity contribution in [2.24, 2.45) is 0 Å². The molecular formula is C19H13NOS. The van der Waals surface area contributed by atoms with Crippen molar-refractivity contribution in [3.8, 4) is 5.75 Å². The highest BCUT2D eigenvalue weighted by atomic mass is 32.1. The van der Waals surface area contributed by atoms with E-state index in [1.54, 1.807) is 18.4 Å². The lowest BCUT2D eigenvalue weighted by Crippen LogP contribution is -1.83. The largest absolute Gasteiger partial charge is 0.497 e. The second-order valence-electron chi connectivity index (χ2n) is 5.50. The minimum atomic E-state index is 0.899. The number of ether oxygens (including phenoxy) is 1. The predicted octanol–water partition coefficient (Wildman–Crippen LogP) is 5.70. The number of aromatic amines is 1. The normalized spacial score (nSPS) is 11.9. The van der Waals surface area contributed by atoms with Crippen LogP contribution in [0.3, 0.4) is 0 Å². The molecule has 2 aromatic heterocycles. The highest BCUT2D eigenvalue weighted by Gasteiger charge is 2.14. The number of hydrogen-bond donors (Lipinski definition) is 1. The van der Waals surface area contributed by atoms with Gasteiger partial charge in [-0.2, -0.15) is 0 Å². The van der Waals surface area contributed by atoms with E-state index in [4.69, 9.17) is 4.74 Å². The van der Waals surface area contributed by atoms with Crippen LogP contribution in [0.25, 0.3) is 42.7 Å². The fraction of sp³-hybridized carbons (Fsp3) is 0.0526. The molecule has 0 aliphatic rings. The van der Waals surface area contributed by atoms with Gasteiger partial charge >= 0.3 is 0 Å². The third-order valence-corrected chi connectivity index (χ3v) is 5.32. The fourth-order valence-electron chi connectivity index (χ4n) is 3.39. The fourth-order valence-corrected chi connectivity index (χ4v) is 4.36. The molecule has 0 fully saturated rings. The average Bonchev–Trinajstić information content (AvgIpc) is 3.18. The van der Waals surface area contributed by atoms with E-state index in [2.05, 4.69) is 52.8 Å². The monoisotopic (exact) mass is 303 g/mol. The van der Waals surface area contributed by atoms with Gasteiger partial charge in [-0.3, -0.25) is 0 Å². The summed E-state index contributed by atoms with van der Waals surface area (Å²) in [6.45, 7) is 0. The molecule has 22 heavy (non-hydrogen) atoms. The maximum absolute atomic E-state index is 5.41. The molecule has 0 amide bonds. The Balaban J connectivity index is 2.15. The average molecular weight is 303 g/mol. The molecule has 0 spiro atoms. The van der Waals surface area contributed by atoms with Crippen molar-refractivity contribution >= 4 is 54.0 Å². The lowest BCUT2D eigenvalue weighted by Gasteiger charge is -2.06. The quantitative estimate of drug-likeness (QED) is 0.422. The van der Waals surface area contributed by atoms with Crippen molar-refractivity contribution in [3.63, 3.8) is 0 Å². The Morgan fingerprint density at radius 2 is 1.82 bits per heavy atom. The molecule has 5 aromatic rings. The number of aromatic nitrogens is 1. The van der Waals surface area contributed by atoms with Crippen LogP contribution in [-0.4, -0.2) is 12.1 Å². The molecule has 0 bridgehead atoms. The van der Waals surface area contributed by atoms with Crippen LogP contribution in [0.15, 0.2) is 53.9 Å². The summed E-state index contributed by atoms with van der Waals surface area (Å²) in [4.78, 5) is 3.61. The molecule has 1 N–H and O–H groups in total. The number of para-hydroxylation sites is 1. The zero-order chi connectivity index (χ0) is 14.7. The van der Waals surface area contributed by atoms with Crippen LogP contribution < -0.4 is 4.74 Å². The number of fused-ring (bicyclic) bond motifs is 8. The van der Waals surface area contributed by atoms with E-state index >= 15 is 0 Å². The summed E-state index contributed by atoms with van der Waals surface area (Å²) in [5.41, 5.74) is 2.41.